The number of piperazine rings is 1. The van der Waals surface area contributed by atoms with Crippen molar-refractivity contribution in [2.75, 3.05) is 36.4 Å². The minimum absolute atomic E-state index is 0.241. The van der Waals surface area contributed by atoms with Gasteiger partial charge in [-0.25, -0.2) is 4.98 Å². The number of aromatic nitrogens is 3. The summed E-state index contributed by atoms with van der Waals surface area (Å²) in [6.45, 7) is 4.85. The van der Waals surface area contributed by atoms with Crippen LogP contribution in [0, 0.1) is 6.92 Å². The van der Waals surface area contributed by atoms with E-state index in [1.54, 1.807) is 13.1 Å². The third kappa shape index (κ3) is 3.92. The van der Waals surface area contributed by atoms with Gasteiger partial charge in [-0.1, -0.05) is 21.1 Å². The van der Waals surface area contributed by atoms with Crippen molar-refractivity contribution in [2.45, 2.75) is 19.8 Å². The molecule has 3 rings (SSSR count). The zero-order valence-electron chi connectivity index (χ0n) is 13.6. The van der Waals surface area contributed by atoms with E-state index >= 15 is 0 Å². The molecule has 0 unspecified atom stereocenters. The molecule has 0 aromatic carbocycles. The Kier molecular flexibility index (Phi) is 5.44. The van der Waals surface area contributed by atoms with E-state index in [1.165, 1.54) is 0 Å². The summed E-state index contributed by atoms with van der Waals surface area (Å²) in [5, 5.41) is 4.76. The topological polar surface area (TPSA) is 75.4 Å². The van der Waals surface area contributed by atoms with Gasteiger partial charge in [-0.3, -0.25) is 4.79 Å². The third-order valence-corrected chi connectivity index (χ3v) is 4.58. The molecular weight excluding hydrogens is 374 g/mol. The molecule has 1 aliphatic rings. The molecule has 24 heavy (non-hydrogen) atoms. The summed E-state index contributed by atoms with van der Waals surface area (Å²) in [4.78, 5) is 24.9. The van der Waals surface area contributed by atoms with Crippen LogP contribution < -0.4 is 4.90 Å². The van der Waals surface area contributed by atoms with E-state index in [4.69, 9.17) is 4.52 Å². The van der Waals surface area contributed by atoms with Crippen LogP contribution in [-0.4, -0.2) is 57.4 Å². The average molecular weight is 394 g/mol. The highest BCUT2D eigenvalue weighted by molar-refractivity contribution is 9.09. The summed E-state index contributed by atoms with van der Waals surface area (Å²) in [6, 6.07) is 3.91. The highest BCUT2D eigenvalue weighted by atomic mass is 79.9. The van der Waals surface area contributed by atoms with Crippen molar-refractivity contribution in [1.82, 2.24) is 20.0 Å². The van der Waals surface area contributed by atoms with Crippen molar-refractivity contribution in [2.24, 2.45) is 0 Å². The van der Waals surface area contributed by atoms with Gasteiger partial charge in [-0.15, -0.1) is 0 Å². The normalized spacial score (nSPS) is 14.9. The molecule has 0 saturated carbocycles. The number of hydrogen-bond acceptors (Lipinski definition) is 6. The molecular formula is C16H20BrN5O2. The lowest BCUT2D eigenvalue weighted by Gasteiger charge is -2.35. The van der Waals surface area contributed by atoms with Crippen LogP contribution in [0.3, 0.4) is 0 Å². The number of alkyl halides is 1. The molecule has 0 bridgehead atoms. The number of rotatable bonds is 5. The largest absolute Gasteiger partial charge is 0.353 e. The lowest BCUT2D eigenvalue weighted by molar-refractivity contribution is -0.131. The number of halogens is 1. The molecule has 2 aromatic rings. The Balaban J connectivity index is 1.57. The maximum atomic E-state index is 12.1. The quantitative estimate of drug-likeness (QED) is 0.725. The number of hydrogen-bond donors (Lipinski definition) is 0. The van der Waals surface area contributed by atoms with Gasteiger partial charge in [0.25, 0.3) is 0 Å². The van der Waals surface area contributed by atoms with Gasteiger partial charge in [0.2, 0.25) is 17.6 Å². The standard InChI is InChI=1S/C16H20BrN5O2/c1-12-19-16(20-24-12)13-4-5-14(18-11-13)21-7-9-22(10-8-21)15(23)3-2-6-17/h4-5,11H,2-3,6-10H2,1H3. The lowest BCUT2D eigenvalue weighted by atomic mass is 10.2. The Labute approximate surface area is 149 Å². The lowest BCUT2D eigenvalue weighted by Crippen LogP contribution is -2.49. The molecule has 0 aliphatic carbocycles. The Hall–Kier alpha value is -1.96. The van der Waals surface area contributed by atoms with Crippen molar-refractivity contribution in [1.29, 1.82) is 0 Å². The second kappa shape index (κ2) is 7.74. The van der Waals surface area contributed by atoms with E-state index < -0.39 is 0 Å². The first-order valence-electron chi connectivity index (χ1n) is 8.03. The fourth-order valence-corrected chi connectivity index (χ4v) is 2.96. The molecule has 1 aliphatic heterocycles. The first kappa shape index (κ1) is 16.9. The summed E-state index contributed by atoms with van der Waals surface area (Å²) in [7, 11) is 0. The molecule has 3 heterocycles. The van der Waals surface area contributed by atoms with Gasteiger partial charge >= 0.3 is 0 Å². The van der Waals surface area contributed by atoms with E-state index in [0.29, 0.717) is 18.1 Å². The molecule has 2 aromatic heterocycles. The number of pyridine rings is 1. The minimum Gasteiger partial charge on any atom is -0.353 e. The highest BCUT2D eigenvalue weighted by Crippen LogP contribution is 2.19. The molecule has 0 atom stereocenters. The van der Waals surface area contributed by atoms with Gasteiger partial charge in [-0.05, 0) is 18.6 Å². The SMILES string of the molecule is Cc1nc(-c2ccc(N3CCN(C(=O)CCCBr)CC3)nc2)no1. The minimum atomic E-state index is 0.241. The number of carbonyl (C=O) groups excluding carboxylic acids is 1. The van der Waals surface area contributed by atoms with Crippen molar-refractivity contribution in [3.8, 4) is 11.4 Å². The summed E-state index contributed by atoms with van der Waals surface area (Å²) in [5.41, 5.74) is 0.833. The third-order valence-electron chi connectivity index (χ3n) is 4.01. The average Bonchev–Trinajstić information content (AvgIpc) is 3.06. The fourth-order valence-electron chi connectivity index (χ4n) is 2.68. The molecule has 8 heteroatoms. The molecule has 128 valence electrons. The predicted octanol–water partition coefficient (Wildman–Crippen LogP) is 2.26. The summed E-state index contributed by atoms with van der Waals surface area (Å²) in [5.74, 6) is 2.24. The van der Waals surface area contributed by atoms with Gasteiger partial charge in [-0.2, -0.15) is 4.98 Å². The van der Waals surface area contributed by atoms with E-state index in [9.17, 15) is 4.79 Å². The molecule has 7 nitrogen and oxygen atoms in total. The second-order valence-corrected chi connectivity index (χ2v) is 6.50. The number of nitrogens with zero attached hydrogens (tertiary/aromatic N) is 5. The van der Waals surface area contributed by atoms with Crippen LogP contribution >= 0.6 is 15.9 Å². The van der Waals surface area contributed by atoms with Crippen molar-refractivity contribution < 1.29 is 9.32 Å². The zero-order chi connectivity index (χ0) is 16.9. The van der Waals surface area contributed by atoms with Crippen molar-refractivity contribution in [3.05, 3.63) is 24.2 Å². The van der Waals surface area contributed by atoms with Gasteiger partial charge in [0.15, 0.2) is 0 Å². The van der Waals surface area contributed by atoms with Crippen LogP contribution in [0.25, 0.3) is 11.4 Å². The van der Waals surface area contributed by atoms with Gasteiger partial charge in [0, 0.05) is 56.6 Å². The second-order valence-electron chi connectivity index (χ2n) is 5.70. The number of anilines is 1. The Morgan fingerprint density at radius 3 is 2.67 bits per heavy atom. The molecule has 0 N–H and O–H groups in total. The Bertz CT molecular complexity index is 680. The monoisotopic (exact) mass is 393 g/mol. The molecule has 0 radical (unpaired) electrons. The first-order valence-corrected chi connectivity index (χ1v) is 9.15. The fraction of sp³-hybridized carbons (Fsp3) is 0.500. The van der Waals surface area contributed by atoms with E-state index in [1.807, 2.05) is 17.0 Å². The summed E-state index contributed by atoms with van der Waals surface area (Å²) in [6.07, 6.45) is 3.26. The predicted molar refractivity (Wildman–Crippen MR) is 94.1 cm³/mol. The van der Waals surface area contributed by atoms with Gasteiger partial charge in [0.05, 0.1) is 0 Å². The molecule has 1 saturated heterocycles. The summed E-state index contributed by atoms with van der Waals surface area (Å²) >= 11 is 3.36. The van der Waals surface area contributed by atoms with Crippen molar-refractivity contribution >= 4 is 27.7 Å². The highest BCUT2D eigenvalue weighted by Gasteiger charge is 2.21. The van der Waals surface area contributed by atoms with Crippen LogP contribution in [0.5, 0.6) is 0 Å². The van der Waals surface area contributed by atoms with E-state index in [0.717, 1.165) is 49.3 Å². The van der Waals surface area contributed by atoms with E-state index in [2.05, 4.69) is 36.0 Å². The summed E-state index contributed by atoms with van der Waals surface area (Å²) < 4.78 is 4.99. The zero-order valence-corrected chi connectivity index (χ0v) is 15.2. The van der Waals surface area contributed by atoms with Crippen molar-refractivity contribution in [3.63, 3.8) is 0 Å². The van der Waals surface area contributed by atoms with E-state index in [-0.39, 0.29) is 5.91 Å². The maximum absolute atomic E-state index is 12.1. The number of aryl methyl sites for hydroxylation is 1. The Morgan fingerprint density at radius 2 is 2.08 bits per heavy atom. The van der Waals surface area contributed by atoms with Gasteiger partial charge in [0.1, 0.15) is 5.82 Å². The molecule has 0 spiro atoms. The van der Waals surface area contributed by atoms with Gasteiger partial charge < -0.3 is 14.3 Å². The van der Waals surface area contributed by atoms with Crippen LogP contribution in [0.4, 0.5) is 5.82 Å². The van der Waals surface area contributed by atoms with Crippen LogP contribution in [-0.2, 0) is 4.79 Å². The smallest absolute Gasteiger partial charge is 0.223 e. The molecule has 1 fully saturated rings. The van der Waals surface area contributed by atoms with Crippen LogP contribution in [0.2, 0.25) is 0 Å². The number of amides is 1. The number of carbonyl (C=O) groups is 1. The maximum Gasteiger partial charge on any atom is 0.223 e. The van der Waals surface area contributed by atoms with Crippen LogP contribution in [0.15, 0.2) is 22.9 Å². The Morgan fingerprint density at radius 1 is 1.29 bits per heavy atom. The first-order chi connectivity index (χ1) is 11.7. The molecule has 1 amide bonds. The van der Waals surface area contributed by atoms with Crippen LogP contribution in [0.1, 0.15) is 18.7 Å².